The number of nitriles is 2. The molecule has 10 aromatic carbocycles. The van der Waals surface area contributed by atoms with E-state index in [-0.39, 0.29) is 72.0 Å². The van der Waals surface area contributed by atoms with E-state index < -0.39 is 129 Å². The minimum atomic E-state index is -1.62. The number of halogens is 14. The van der Waals surface area contributed by atoms with Crippen molar-refractivity contribution < 1.29 is 98.1 Å². The second kappa shape index (κ2) is 40.2. The number of benzene rings is 10. The van der Waals surface area contributed by atoms with Gasteiger partial charge in [0.1, 0.15) is 112 Å². The average Bonchev–Trinajstić information content (AvgIpc) is 1.59. The zero-order chi connectivity index (χ0) is 95.8. The summed E-state index contributed by atoms with van der Waals surface area (Å²) in [6.07, 6.45) is -5.19. The van der Waals surface area contributed by atoms with E-state index in [0.717, 1.165) is 17.2 Å². The lowest BCUT2D eigenvalue weighted by Gasteiger charge is -2.35. The molecule has 6 aliphatic rings. The predicted molar refractivity (Wildman–Crippen MR) is 500 cm³/mol. The number of alkyl carbamates (subject to hydrolysis) is 2. The number of hydrogen-bond acceptors (Lipinski definition) is 19. The van der Waals surface area contributed by atoms with Crippen LogP contribution in [0.2, 0.25) is 25.1 Å². The van der Waals surface area contributed by atoms with Crippen molar-refractivity contribution in [2.24, 2.45) is 5.73 Å². The van der Waals surface area contributed by atoms with Crippen molar-refractivity contribution in [1.82, 2.24) is 10.6 Å². The Morgan fingerprint density at radius 2 is 0.695 bits per heavy atom. The highest BCUT2D eigenvalue weighted by molar-refractivity contribution is 9.11. The molecule has 10 atom stereocenters. The molecule has 1 saturated heterocycles. The van der Waals surface area contributed by atoms with E-state index >= 15 is 4.39 Å². The maximum atomic E-state index is 15.2. The predicted octanol–water partition coefficient (Wildman–Crippen LogP) is 24.0. The lowest BCUT2D eigenvalue weighted by molar-refractivity contribution is -0.0566. The lowest BCUT2D eigenvalue weighted by Crippen LogP contribution is -2.49. The first-order chi connectivity index (χ1) is 61.8. The van der Waals surface area contributed by atoms with Gasteiger partial charge in [0.15, 0.2) is 16.8 Å². The van der Waals surface area contributed by atoms with Crippen LogP contribution >= 0.6 is 122 Å². The molecule has 5 N–H and O–H groups in total. The molecule has 6 heterocycles. The van der Waals surface area contributed by atoms with Gasteiger partial charge in [-0.2, -0.15) is 10.5 Å². The van der Waals surface area contributed by atoms with Gasteiger partial charge in [0, 0.05) is 139 Å². The third-order valence-corrected chi connectivity index (χ3v) is 28.8. The van der Waals surface area contributed by atoms with Gasteiger partial charge in [0.2, 0.25) is 11.2 Å². The molecule has 0 saturated carbocycles. The fraction of sp³-hybridized carbons (Fsp3) is 0.326. The lowest BCUT2D eigenvalue weighted by atomic mass is 9.72. The summed E-state index contributed by atoms with van der Waals surface area (Å²) in [7, 11) is 5.13. The molecule has 0 aromatic heterocycles. The van der Waals surface area contributed by atoms with Gasteiger partial charge in [-0.1, -0.05) is 210 Å². The molecule has 131 heavy (non-hydrogen) atoms. The first-order valence-electron chi connectivity index (χ1n) is 40.4. The zero-order valence-electron chi connectivity index (χ0n) is 72.7. The number of carbonyl (C=O) groups excluding carboxylic acids is 2. The van der Waals surface area contributed by atoms with Crippen LogP contribution in [0.15, 0.2) is 200 Å². The SMILES string of the molecule is CO[C@H]1c2c(cc(F)c(Cl)c2B2OC(C)(C)C(C)(C)O2)O[C@]1(CNC(=O)OC(C)(C)C)c1ccccc1.CO[C@H]1c2c(cc(F)c(Cl)c2Br)O[C@]1(C#N)c1ccccc1.CO[C@H]1c2c(cc(F)c(Cl)c2Br)O[C@]1(CN)c1ccccc1.CO[C@H]1c2c(cc(F)c(Cl)c2Br)O[C@]1(CNC(=O)OC(C)(C)C)c1ccccc1.N#C[C@]1(c2ccccc2)Oc2cc(F)c(Cl)c(Br)c2[C@@H]1O. The van der Waals surface area contributed by atoms with Crippen LogP contribution in [0.4, 0.5) is 31.5 Å². The third-order valence-electron chi connectivity index (χ3n) is 22.7. The quantitative estimate of drug-likeness (QED) is 0.0422. The van der Waals surface area contributed by atoms with E-state index in [2.05, 4.69) is 80.4 Å². The fourth-order valence-electron chi connectivity index (χ4n) is 16.0. The molecule has 0 bridgehead atoms. The van der Waals surface area contributed by atoms with Crippen LogP contribution in [0.5, 0.6) is 28.7 Å². The number of carbonyl (C=O) groups is 2. The fourth-order valence-corrected chi connectivity index (χ4v) is 19.3. The maximum Gasteiger partial charge on any atom is 0.497 e. The van der Waals surface area contributed by atoms with E-state index in [4.69, 9.17) is 125 Å². The summed E-state index contributed by atoms with van der Waals surface area (Å²) in [5.74, 6) is -1.90. The van der Waals surface area contributed by atoms with Crippen molar-refractivity contribution in [3.05, 3.63) is 310 Å². The number of fused-ring (bicyclic) bond motifs is 5. The minimum absolute atomic E-state index is 0.00489. The van der Waals surface area contributed by atoms with Crippen LogP contribution in [-0.4, -0.2) is 94.9 Å². The van der Waals surface area contributed by atoms with Crippen molar-refractivity contribution in [2.75, 3.05) is 48.1 Å². The number of ether oxygens (including phenoxy) is 11. The average molecular weight is 2160 g/mol. The monoisotopic (exact) mass is 2150 g/mol. The largest absolute Gasteiger partial charge is 0.497 e. The molecular weight excluding hydrogens is 2070 g/mol. The maximum absolute atomic E-state index is 15.2. The topological polar surface area (TPSA) is 272 Å². The summed E-state index contributed by atoms with van der Waals surface area (Å²) in [6.45, 7) is 18.5. The molecule has 0 radical (unpaired) electrons. The van der Waals surface area contributed by atoms with E-state index in [9.17, 15) is 42.8 Å². The van der Waals surface area contributed by atoms with Crippen LogP contribution in [0.25, 0.3) is 0 Å². The van der Waals surface area contributed by atoms with Gasteiger partial charge < -0.3 is 82.9 Å². The normalized spacial score (nSPS) is 22.8. The van der Waals surface area contributed by atoms with Crippen molar-refractivity contribution in [1.29, 1.82) is 10.5 Å². The van der Waals surface area contributed by atoms with Gasteiger partial charge in [0.05, 0.1) is 49.4 Å². The van der Waals surface area contributed by atoms with Crippen molar-refractivity contribution in [3.8, 4) is 40.9 Å². The molecule has 10 aromatic rings. The molecule has 6 aliphatic heterocycles. The first kappa shape index (κ1) is 101. The van der Waals surface area contributed by atoms with Crippen molar-refractivity contribution in [3.63, 3.8) is 0 Å². The molecule has 1 fully saturated rings. The van der Waals surface area contributed by atoms with Gasteiger partial charge >= 0.3 is 19.3 Å². The number of amides is 2. The Morgan fingerprint density at radius 3 is 1.03 bits per heavy atom. The second-order valence-corrected chi connectivity index (χ2v) is 38.7. The Balaban J connectivity index is 0.000000151. The minimum Gasteiger partial charge on any atom is -0.478 e. The van der Waals surface area contributed by atoms with Crippen molar-refractivity contribution in [2.45, 2.75) is 150 Å². The van der Waals surface area contributed by atoms with Crippen LogP contribution in [0, 0.1) is 51.7 Å². The summed E-state index contributed by atoms with van der Waals surface area (Å²) >= 11 is 43.6. The molecule has 690 valence electrons. The molecule has 0 spiro atoms. The van der Waals surface area contributed by atoms with Crippen LogP contribution in [-0.2, 0) is 65.7 Å². The molecule has 21 nitrogen and oxygen atoms in total. The van der Waals surface area contributed by atoms with Crippen molar-refractivity contribution >= 4 is 146 Å². The Hall–Kier alpha value is -8.52. The Labute approximate surface area is 813 Å². The molecule has 0 unspecified atom stereocenters. The van der Waals surface area contributed by atoms with Crippen LogP contribution in [0.1, 0.15) is 155 Å². The standard InChI is InChI=1S/C27H34BClFNO6.C21H22BrClFNO4.C16H14BrClFNO2.C16H10BrClFNO2.C15H8BrClFNO2/c1-24(2,3)35-23(32)31-15-27(16-12-10-9-11-13-16)22(33-8)19-18(34-27)14-17(30)21(29)20(19)28-36-25(4,5)26(6,7)37-28;1-20(2,3)29-19(26)25-11-21(12-8-6-5-7-9-12)18(27-4)15-14(28-21)10-13(24)17(23)16(15)22;2*1-21-15-12-11(7-10(19)14(18)13(12)17)22-16(15,8-20)9-5-3-2-4-6-9;16-12-11-10(6-9(18)13(12)17)21-15(7-19,14(11)20)8-4-2-1-3-5-8/h9-14,22H,15H2,1-8H3,(H,31,32);5-10,18H,11H2,1-4H3,(H,25,26);2-7,15H,8,20H2,1H3;2-7,15H,1H3;1-6,14,20H/t22-,27+;18-,21+;2*15-,16+;14-,15+/m00000/s1. The summed E-state index contributed by atoms with van der Waals surface area (Å²) < 4.78 is 149. The van der Waals surface area contributed by atoms with Gasteiger partial charge in [0.25, 0.3) is 0 Å². The number of hydrogen-bond donors (Lipinski definition) is 4. The number of nitrogens with zero attached hydrogens (tertiary/aromatic N) is 2. The van der Waals surface area contributed by atoms with E-state index in [1.807, 2.05) is 131 Å². The molecular formula is C95H88BBr4Cl5F5N5O16. The van der Waals surface area contributed by atoms with Gasteiger partial charge in [-0.05, 0) is 139 Å². The summed E-state index contributed by atoms with van der Waals surface area (Å²) in [6, 6.07) is 55.9. The molecule has 2 amide bonds. The van der Waals surface area contributed by atoms with E-state index in [1.54, 1.807) is 103 Å². The highest BCUT2D eigenvalue weighted by Crippen LogP contribution is 2.60. The molecule has 16 rings (SSSR count). The first-order valence-corrected chi connectivity index (χ1v) is 45.4. The Morgan fingerprint density at radius 1 is 0.427 bits per heavy atom. The zero-order valence-corrected chi connectivity index (χ0v) is 82.9. The van der Waals surface area contributed by atoms with Gasteiger partial charge in [-0.15, -0.1) is 0 Å². The number of rotatable bonds is 15. The smallest absolute Gasteiger partial charge is 0.478 e. The number of aliphatic hydroxyl groups is 1. The number of aliphatic hydroxyl groups excluding tert-OH is 1. The molecule has 0 aliphatic carbocycles. The Bertz CT molecular complexity index is 6010. The summed E-state index contributed by atoms with van der Waals surface area (Å²) in [5, 5.41) is 35.1. The highest BCUT2D eigenvalue weighted by atomic mass is 79.9. The number of methoxy groups -OCH3 is 4. The van der Waals surface area contributed by atoms with Crippen LogP contribution < -0.4 is 45.5 Å². The highest BCUT2D eigenvalue weighted by Gasteiger charge is 2.61. The molecule has 36 heteroatoms. The third kappa shape index (κ3) is 19.5. The number of nitrogens with two attached hydrogens (primary N) is 1. The second-order valence-electron chi connectivity index (χ2n) is 33.7. The Kier molecular flexibility index (Phi) is 31.1. The van der Waals surface area contributed by atoms with E-state index in [0.29, 0.717) is 69.3 Å². The van der Waals surface area contributed by atoms with Gasteiger partial charge in [-0.25, -0.2) is 31.5 Å². The van der Waals surface area contributed by atoms with Crippen LogP contribution in [0.3, 0.4) is 0 Å². The summed E-state index contributed by atoms with van der Waals surface area (Å²) in [4.78, 5) is 24.9. The number of nitrogens with one attached hydrogen (secondary N) is 2. The summed E-state index contributed by atoms with van der Waals surface area (Å²) in [5.41, 5.74) is 3.28. The van der Waals surface area contributed by atoms with Gasteiger partial charge in [-0.3, -0.25) is 0 Å². The van der Waals surface area contributed by atoms with E-state index in [1.165, 1.54) is 45.6 Å².